The first kappa shape index (κ1) is 19.3. The molecule has 3 aromatic rings. The number of ether oxygens (including phenoxy) is 1. The topological polar surface area (TPSA) is 54.7 Å². The van der Waals surface area contributed by atoms with Crippen LogP contribution in [0.4, 0.5) is 0 Å². The lowest BCUT2D eigenvalue weighted by atomic mass is 10.1. The summed E-state index contributed by atoms with van der Waals surface area (Å²) in [5, 5.41) is 3.03. The Labute approximate surface area is 171 Å². The standard InChI is InChI=1S/C24H26N2O3/c27-24(25-21-12-13-21)20-10-8-19(9-11-20)17-26(18-23-7-4-15-28-23)14-16-29-22-5-2-1-3-6-22/h1-11,15,21H,12-14,16-18H2,(H,25,27). The Morgan fingerprint density at radius 2 is 1.79 bits per heavy atom. The molecule has 0 unspecified atom stereocenters. The van der Waals surface area contributed by atoms with Gasteiger partial charge in [0.25, 0.3) is 5.91 Å². The van der Waals surface area contributed by atoms with Gasteiger partial charge in [-0.15, -0.1) is 0 Å². The molecule has 29 heavy (non-hydrogen) atoms. The molecule has 1 aliphatic rings. The normalized spacial score (nSPS) is 13.4. The van der Waals surface area contributed by atoms with Crippen molar-refractivity contribution in [1.82, 2.24) is 10.2 Å². The maximum absolute atomic E-state index is 12.2. The predicted molar refractivity (Wildman–Crippen MR) is 112 cm³/mol. The van der Waals surface area contributed by atoms with E-state index in [2.05, 4.69) is 10.2 Å². The van der Waals surface area contributed by atoms with Crippen LogP contribution in [0.5, 0.6) is 5.75 Å². The Hall–Kier alpha value is -3.05. The zero-order chi connectivity index (χ0) is 19.9. The minimum atomic E-state index is 0.0164. The van der Waals surface area contributed by atoms with Crippen molar-refractivity contribution in [2.45, 2.75) is 32.0 Å². The van der Waals surface area contributed by atoms with Crippen molar-refractivity contribution in [1.29, 1.82) is 0 Å². The molecular weight excluding hydrogens is 364 g/mol. The lowest BCUT2D eigenvalue weighted by Crippen LogP contribution is -2.28. The summed E-state index contributed by atoms with van der Waals surface area (Å²) in [6.45, 7) is 2.81. The van der Waals surface area contributed by atoms with Gasteiger partial charge in [-0.2, -0.15) is 0 Å². The van der Waals surface area contributed by atoms with Crippen molar-refractivity contribution in [2.75, 3.05) is 13.2 Å². The molecule has 1 fully saturated rings. The number of hydrogen-bond acceptors (Lipinski definition) is 4. The summed E-state index contributed by atoms with van der Waals surface area (Å²) in [7, 11) is 0. The second-order valence-electron chi connectivity index (χ2n) is 7.40. The number of furan rings is 1. The molecule has 0 spiro atoms. The highest BCUT2D eigenvalue weighted by molar-refractivity contribution is 5.94. The third kappa shape index (κ3) is 5.96. The SMILES string of the molecule is O=C(NC1CC1)c1ccc(CN(CCOc2ccccc2)Cc2ccco2)cc1. The molecule has 0 atom stereocenters. The molecule has 1 N–H and O–H groups in total. The number of amides is 1. The van der Waals surface area contributed by atoms with Crippen LogP contribution in [-0.2, 0) is 13.1 Å². The van der Waals surface area contributed by atoms with Crippen molar-refractivity contribution in [2.24, 2.45) is 0 Å². The van der Waals surface area contributed by atoms with Gasteiger partial charge in [0.2, 0.25) is 0 Å². The number of carbonyl (C=O) groups excluding carboxylic acids is 1. The van der Waals surface area contributed by atoms with Gasteiger partial charge in [-0.3, -0.25) is 9.69 Å². The highest BCUT2D eigenvalue weighted by atomic mass is 16.5. The maximum Gasteiger partial charge on any atom is 0.251 e. The van der Waals surface area contributed by atoms with Crippen LogP contribution in [0.1, 0.15) is 34.5 Å². The van der Waals surface area contributed by atoms with Gasteiger partial charge in [-0.05, 0) is 54.8 Å². The van der Waals surface area contributed by atoms with E-state index >= 15 is 0 Å². The van der Waals surface area contributed by atoms with Gasteiger partial charge in [0, 0.05) is 24.7 Å². The van der Waals surface area contributed by atoms with Crippen molar-refractivity contribution < 1.29 is 13.9 Å². The first-order valence-electron chi connectivity index (χ1n) is 10.1. The minimum absolute atomic E-state index is 0.0164. The lowest BCUT2D eigenvalue weighted by Gasteiger charge is -2.21. The molecule has 5 heteroatoms. The first-order valence-corrected chi connectivity index (χ1v) is 10.1. The largest absolute Gasteiger partial charge is 0.492 e. The second-order valence-corrected chi connectivity index (χ2v) is 7.40. The zero-order valence-corrected chi connectivity index (χ0v) is 16.4. The second kappa shape index (κ2) is 9.43. The van der Waals surface area contributed by atoms with E-state index in [1.165, 1.54) is 0 Å². The van der Waals surface area contributed by atoms with Gasteiger partial charge in [-0.25, -0.2) is 0 Å². The van der Waals surface area contributed by atoms with Crippen LogP contribution in [0.25, 0.3) is 0 Å². The summed E-state index contributed by atoms with van der Waals surface area (Å²) in [5.41, 5.74) is 1.87. The van der Waals surface area contributed by atoms with E-state index in [-0.39, 0.29) is 5.91 Å². The molecule has 1 heterocycles. The molecule has 2 aromatic carbocycles. The first-order chi connectivity index (χ1) is 14.3. The van der Waals surface area contributed by atoms with Gasteiger partial charge in [0.05, 0.1) is 12.8 Å². The molecule has 4 rings (SSSR count). The third-order valence-electron chi connectivity index (χ3n) is 4.91. The van der Waals surface area contributed by atoms with Crippen LogP contribution in [-0.4, -0.2) is 30.0 Å². The number of nitrogens with zero attached hydrogens (tertiary/aromatic N) is 1. The smallest absolute Gasteiger partial charge is 0.251 e. The third-order valence-corrected chi connectivity index (χ3v) is 4.91. The number of carbonyl (C=O) groups is 1. The van der Waals surface area contributed by atoms with Crippen LogP contribution >= 0.6 is 0 Å². The number of nitrogens with one attached hydrogen (secondary N) is 1. The van der Waals surface area contributed by atoms with Crippen molar-refractivity contribution in [3.05, 3.63) is 89.9 Å². The van der Waals surface area contributed by atoms with Crippen LogP contribution in [0, 0.1) is 0 Å². The van der Waals surface area contributed by atoms with E-state index in [0.29, 0.717) is 24.8 Å². The van der Waals surface area contributed by atoms with E-state index < -0.39 is 0 Å². The number of benzene rings is 2. The highest BCUT2D eigenvalue weighted by Gasteiger charge is 2.23. The summed E-state index contributed by atoms with van der Waals surface area (Å²) in [6, 6.07) is 21.9. The molecular formula is C24H26N2O3. The molecule has 0 saturated heterocycles. The van der Waals surface area contributed by atoms with Crippen LogP contribution in [0.15, 0.2) is 77.4 Å². The minimum Gasteiger partial charge on any atom is -0.492 e. The summed E-state index contributed by atoms with van der Waals surface area (Å²) in [4.78, 5) is 14.4. The fourth-order valence-electron chi connectivity index (χ4n) is 3.16. The molecule has 1 aliphatic carbocycles. The Morgan fingerprint density at radius 3 is 2.48 bits per heavy atom. The van der Waals surface area contributed by atoms with E-state index in [9.17, 15) is 4.79 Å². The van der Waals surface area contributed by atoms with Crippen LogP contribution in [0.2, 0.25) is 0 Å². The Bertz CT molecular complexity index is 888. The monoisotopic (exact) mass is 390 g/mol. The van der Waals surface area contributed by atoms with E-state index in [1.54, 1.807) is 6.26 Å². The molecule has 0 bridgehead atoms. The van der Waals surface area contributed by atoms with Gasteiger partial charge >= 0.3 is 0 Å². The molecule has 1 amide bonds. The predicted octanol–water partition coefficient (Wildman–Crippen LogP) is 4.25. The Morgan fingerprint density at radius 1 is 1.00 bits per heavy atom. The van der Waals surface area contributed by atoms with Gasteiger partial charge in [0.1, 0.15) is 18.1 Å². The Kier molecular flexibility index (Phi) is 6.27. The molecule has 0 aliphatic heterocycles. The molecule has 1 saturated carbocycles. The van der Waals surface area contributed by atoms with Gasteiger partial charge < -0.3 is 14.5 Å². The molecule has 1 aromatic heterocycles. The van der Waals surface area contributed by atoms with E-state index in [0.717, 1.165) is 43.0 Å². The van der Waals surface area contributed by atoms with Crippen molar-refractivity contribution in [3.63, 3.8) is 0 Å². The van der Waals surface area contributed by atoms with E-state index in [1.807, 2.05) is 66.7 Å². The molecule has 150 valence electrons. The van der Waals surface area contributed by atoms with Crippen molar-refractivity contribution >= 4 is 5.91 Å². The fraction of sp³-hybridized carbons (Fsp3) is 0.292. The molecule has 5 nitrogen and oxygen atoms in total. The summed E-state index contributed by atoms with van der Waals surface area (Å²) >= 11 is 0. The number of para-hydroxylation sites is 1. The average Bonchev–Trinajstić information content (AvgIpc) is 3.41. The number of rotatable bonds is 10. The Balaban J connectivity index is 1.35. The molecule has 0 radical (unpaired) electrons. The summed E-state index contributed by atoms with van der Waals surface area (Å²) < 4.78 is 11.4. The lowest BCUT2D eigenvalue weighted by molar-refractivity contribution is 0.0951. The van der Waals surface area contributed by atoms with Gasteiger partial charge in [0.15, 0.2) is 0 Å². The van der Waals surface area contributed by atoms with Crippen molar-refractivity contribution in [3.8, 4) is 5.75 Å². The summed E-state index contributed by atoms with van der Waals surface area (Å²) in [6.07, 6.45) is 3.88. The maximum atomic E-state index is 12.2. The fourth-order valence-corrected chi connectivity index (χ4v) is 3.16. The number of hydrogen-bond donors (Lipinski definition) is 1. The average molecular weight is 390 g/mol. The highest BCUT2D eigenvalue weighted by Crippen LogP contribution is 2.19. The van der Waals surface area contributed by atoms with Gasteiger partial charge in [-0.1, -0.05) is 30.3 Å². The zero-order valence-electron chi connectivity index (χ0n) is 16.4. The summed E-state index contributed by atoms with van der Waals surface area (Å²) in [5.74, 6) is 1.81. The van der Waals surface area contributed by atoms with Crippen LogP contribution in [0.3, 0.4) is 0 Å². The van der Waals surface area contributed by atoms with E-state index in [4.69, 9.17) is 9.15 Å². The quantitative estimate of drug-likeness (QED) is 0.562. The van der Waals surface area contributed by atoms with Crippen LogP contribution < -0.4 is 10.1 Å².